The first-order valence-electron chi connectivity index (χ1n) is 7.63. The van der Waals surface area contributed by atoms with Crippen molar-refractivity contribution in [3.63, 3.8) is 0 Å². The van der Waals surface area contributed by atoms with E-state index in [-0.39, 0.29) is 10.6 Å². The van der Waals surface area contributed by atoms with Gasteiger partial charge in [0.15, 0.2) is 6.23 Å². The third-order valence-electron chi connectivity index (χ3n) is 3.59. The average Bonchev–Trinajstić information content (AvgIpc) is 2.82. The van der Waals surface area contributed by atoms with Crippen LogP contribution >= 0.6 is 35.7 Å². The average molecular weight is 525 g/mol. The van der Waals surface area contributed by atoms with Crippen LogP contribution < -0.4 is 5.73 Å². The van der Waals surface area contributed by atoms with Crippen LogP contribution in [0.3, 0.4) is 0 Å². The Balaban J connectivity index is 2.18. The second-order valence-corrected chi connectivity index (χ2v) is 10.6. The lowest BCUT2D eigenvalue weighted by Crippen LogP contribution is -2.42. The summed E-state index contributed by atoms with van der Waals surface area (Å²) in [5, 5.41) is 10.2. The molecule has 0 amide bonds. The highest BCUT2D eigenvalue weighted by Crippen LogP contribution is 2.66. The van der Waals surface area contributed by atoms with Crippen molar-refractivity contribution in [2.75, 3.05) is 12.3 Å². The number of rotatable bonds is 8. The number of halogens is 1. The molecule has 0 bridgehead atoms. The molecule has 6 unspecified atom stereocenters. The minimum absolute atomic E-state index is 0.00540. The minimum Gasteiger partial charge on any atom is -0.386 e. The Morgan fingerprint density at radius 1 is 1.32 bits per heavy atom. The number of phosphoric ester groups is 1. The number of aliphatic hydroxyl groups excluding tert-OH is 1. The molecule has 0 saturated carbocycles. The van der Waals surface area contributed by atoms with Gasteiger partial charge in [-0.05, 0) is 18.3 Å². The molecule has 1 saturated heterocycles. The van der Waals surface area contributed by atoms with Gasteiger partial charge in [0.25, 0.3) is 0 Å². The van der Waals surface area contributed by atoms with E-state index in [4.69, 9.17) is 43.8 Å². The number of aliphatic hydroxyl groups is 1. The lowest BCUT2D eigenvalue weighted by atomic mass is 9.97. The number of phosphoric acid groups is 3. The van der Waals surface area contributed by atoms with Crippen LogP contribution in [0, 0.1) is 17.1 Å². The number of ether oxygens (including phenoxy) is 1. The Morgan fingerprint density at radius 2 is 1.94 bits per heavy atom. The highest BCUT2D eigenvalue weighted by atomic mass is 32.1. The summed E-state index contributed by atoms with van der Waals surface area (Å²) in [4.78, 5) is 39.2. The van der Waals surface area contributed by atoms with E-state index in [0.29, 0.717) is 0 Å². The van der Waals surface area contributed by atoms with E-state index in [0.717, 1.165) is 4.57 Å². The standard InChI is InChI=1S/C11H15FN3O12P3S/c1-2-11(12)8(16)6(25-9(11)15-4-3-7(13)14-10(15)31)5-24-29(20,21)27-30(22,23)26-28(17,18)19/h1,3-4,6,8-9,16H,5H2,(H,20,21)(H,22,23)(H2,13,14,31)(H2,17,18,19). The SMILES string of the molecule is C#CC1(F)C(O)C(COP(=O)(O)OP(=O)(O)OP(=O)(O)O)OC1n1ccc(N)nc1=S. The normalized spacial score (nSPS) is 30.3. The third kappa shape index (κ3) is 6.47. The number of nitrogens with zero attached hydrogens (tertiary/aromatic N) is 2. The number of anilines is 1. The summed E-state index contributed by atoms with van der Waals surface area (Å²) in [5.41, 5.74) is 2.52. The minimum atomic E-state index is -5.76. The molecule has 2 rings (SSSR count). The summed E-state index contributed by atoms with van der Waals surface area (Å²) >= 11 is 4.93. The first-order valence-corrected chi connectivity index (χ1v) is 12.6. The molecule has 6 atom stereocenters. The molecule has 2 heterocycles. The monoisotopic (exact) mass is 525 g/mol. The fourth-order valence-corrected chi connectivity index (χ4v) is 5.68. The molecule has 31 heavy (non-hydrogen) atoms. The molecule has 1 aromatic heterocycles. The number of aromatic nitrogens is 2. The molecular formula is C11H15FN3O12P3S. The maximum Gasteiger partial charge on any atom is 0.490 e. The van der Waals surface area contributed by atoms with Gasteiger partial charge < -0.3 is 35.2 Å². The van der Waals surface area contributed by atoms with E-state index in [1.54, 1.807) is 5.92 Å². The van der Waals surface area contributed by atoms with Gasteiger partial charge in [-0.25, -0.2) is 23.1 Å². The van der Waals surface area contributed by atoms with Crippen LogP contribution in [0.25, 0.3) is 0 Å². The summed E-state index contributed by atoms with van der Waals surface area (Å²) in [6.07, 6.45) is 0.656. The number of nitrogens with two attached hydrogens (primary N) is 1. The van der Waals surface area contributed by atoms with Gasteiger partial charge in [0.05, 0.1) is 6.61 Å². The summed E-state index contributed by atoms with van der Waals surface area (Å²) in [7, 11) is -16.9. The highest BCUT2D eigenvalue weighted by Gasteiger charge is 2.58. The van der Waals surface area contributed by atoms with Gasteiger partial charge >= 0.3 is 23.5 Å². The maximum atomic E-state index is 15.2. The van der Waals surface area contributed by atoms with E-state index in [9.17, 15) is 23.7 Å². The first kappa shape index (κ1) is 26.2. The van der Waals surface area contributed by atoms with Crippen molar-refractivity contribution in [1.29, 1.82) is 0 Å². The van der Waals surface area contributed by atoms with Crippen LogP contribution in [0.4, 0.5) is 10.2 Å². The van der Waals surface area contributed by atoms with Crippen LogP contribution in [0.2, 0.25) is 0 Å². The molecule has 0 radical (unpaired) electrons. The van der Waals surface area contributed by atoms with Crippen molar-refractivity contribution >= 4 is 41.5 Å². The smallest absolute Gasteiger partial charge is 0.386 e. The van der Waals surface area contributed by atoms with E-state index < -0.39 is 54.2 Å². The lowest BCUT2D eigenvalue weighted by Gasteiger charge is -2.24. The molecule has 1 fully saturated rings. The van der Waals surface area contributed by atoms with Crippen molar-refractivity contribution in [2.45, 2.75) is 24.1 Å². The van der Waals surface area contributed by atoms with Crippen molar-refractivity contribution < 1.29 is 60.6 Å². The van der Waals surface area contributed by atoms with Gasteiger partial charge in [0.2, 0.25) is 10.4 Å². The van der Waals surface area contributed by atoms with Crippen LogP contribution in [0.1, 0.15) is 6.23 Å². The van der Waals surface area contributed by atoms with Gasteiger partial charge in [-0.15, -0.1) is 6.42 Å². The van der Waals surface area contributed by atoms with E-state index in [1.165, 1.54) is 12.3 Å². The predicted molar refractivity (Wildman–Crippen MR) is 99.9 cm³/mol. The van der Waals surface area contributed by atoms with Gasteiger partial charge in [0.1, 0.15) is 18.0 Å². The molecule has 1 aromatic rings. The van der Waals surface area contributed by atoms with E-state index in [2.05, 4.69) is 18.1 Å². The third-order valence-corrected chi connectivity index (χ3v) is 7.69. The number of terminal acetylenes is 1. The molecule has 0 spiro atoms. The topological polar surface area (TPSA) is 233 Å². The molecule has 0 aromatic carbocycles. The summed E-state index contributed by atoms with van der Waals surface area (Å²) < 4.78 is 66.2. The molecule has 1 aliphatic rings. The van der Waals surface area contributed by atoms with Crippen LogP contribution in [-0.4, -0.2) is 58.7 Å². The summed E-state index contributed by atoms with van der Waals surface area (Å²) in [6, 6.07) is 1.22. The number of alkyl halides is 1. The number of hydrogen-bond donors (Lipinski definition) is 6. The second-order valence-electron chi connectivity index (χ2n) is 5.81. The molecule has 15 nitrogen and oxygen atoms in total. The zero-order valence-corrected chi connectivity index (χ0v) is 18.4. The summed E-state index contributed by atoms with van der Waals surface area (Å²) in [6.45, 7) is -1.13. The molecule has 7 N–H and O–H groups in total. The molecular weight excluding hydrogens is 510 g/mol. The zero-order chi connectivity index (χ0) is 23.8. The van der Waals surface area contributed by atoms with Crippen LogP contribution in [0.5, 0.6) is 0 Å². The zero-order valence-electron chi connectivity index (χ0n) is 14.9. The predicted octanol–water partition coefficient (Wildman–Crippen LogP) is 0.138. The van der Waals surface area contributed by atoms with Gasteiger partial charge in [-0.3, -0.25) is 9.09 Å². The Hall–Kier alpha value is -1.08. The van der Waals surface area contributed by atoms with Gasteiger partial charge in [-0.1, -0.05) is 5.92 Å². The van der Waals surface area contributed by atoms with Crippen molar-refractivity contribution in [3.8, 4) is 12.3 Å². The van der Waals surface area contributed by atoms with Gasteiger partial charge in [0, 0.05) is 6.20 Å². The molecule has 1 aliphatic heterocycles. The fraction of sp³-hybridized carbons (Fsp3) is 0.455. The van der Waals surface area contributed by atoms with Crippen molar-refractivity contribution in [1.82, 2.24) is 9.55 Å². The second kappa shape index (κ2) is 9.05. The van der Waals surface area contributed by atoms with E-state index >= 15 is 4.39 Å². The number of nitrogen functional groups attached to an aromatic ring is 1. The Labute approximate surface area is 178 Å². The van der Waals surface area contributed by atoms with Crippen LogP contribution in [0.15, 0.2) is 12.3 Å². The maximum absolute atomic E-state index is 15.2. The lowest BCUT2D eigenvalue weighted by molar-refractivity contribution is -0.0525. The van der Waals surface area contributed by atoms with Crippen LogP contribution in [-0.2, 0) is 31.6 Å². The molecule has 174 valence electrons. The van der Waals surface area contributed by atoms with Crippen molar-refractivity contribution in [2.24, 2.45) is 0 Å². The Bertz CT molecular complexity index is 1090. The summed E-state index contributed by atoms with van der Waals surface area (Å²) in [5.74, 6) is 1.69. The Morgan fingerprint density at radius 3 is 2.45 bits per heavy atom. The highest BCUT2D eigenvalue weighted by molar-refractivity contribution is 7.71. The Kier molecular flexibility index (Phi) is 7.64. The first-order chi connectivity index (χ1) is 14.0. The largest absolute Gasteiger partial charge is 0.490 e. The molecule has 20 heteroatoms. The quantitative estimate of drug-likeness (QED) is 0.150. The van der Waals surface area contributed by atoms with Gasteiger partial charge in [-0.2, -0.15) is 8.62 Å². The van der Waals surface area contributed by atoms with E-state index in [1.807, 2.05) is 0 Å². The molecule has 0 aliphatic carbocycles. The van der Waals surface area contributed by atoms with Crippen molar-refractivity contribution in [3.05, 3.63) is 17.0 Å². The fourth-order valence-electron chi connectivity index (χ4n) is 2.39. The number of hydrogen-bond acceptors (Lipinski definition) is 11.